The van der Waals surface area contributed by atoms with Crippen molar-refractivity contribution < 1.29 is 19.1 Å². The smallest absolute Gasteiger partial charge is 0.413 e. The van der Waals surface area contributed by atoms with Gasteiger partial charge in [0.15, 0.2) is 5.82 Å². The second-order valence-corrected chi connectivity index (χ2v) is 8.23. The number of carbonyl (C=O) groups is 2. The third-order valence-corrected chi connectivity index (χ3v) is 5.34. The Hall–Kier alpha value is -3.41. The number of hydrogen-bond donors (Lipinski definition) is 4. The minimum atomic E-state index is -0.794. The fourth-order valence-electron chi connectivity index (χ4n) is 2.97. The summed E-state index contributed by atoms with van der Waals surface area (Å²) in [4.78, 5) is 33.0. The van der Waals surface area contributed by atoms with Crippen LogP contribution >= 0.6 is 11.6 Å². The highest BCUT2D eigenvalue weighted by Crippen LogP contribution is 2.28. The van der Waals surface area contributed by atoms with E-state index in [0.717, 1.165) is 5.01 Å². The summed E-state index contributed by atoms with van der Waals surface area (Å²) in [6.45, 7) is 4.23. The lowest BCUT2D eigenvalue weighted by Gasteiger charge is -2.36. The highest BCUT2D eigenvalue weighted by Gasteiger charge is 2.41. The van der Waals surface area contributed by atoms with Crippen LogP contribution in [0.4, 0.5) is 10.5 Å². The highest BCUT2D eigenvalue weighted by atomic mass is 35.5. The molecule has 33 heavy (non-hydrogen) atoms. The number of nitrogens with zero attached hydrogens (tertiary/aromatic N) is 3. The van der Waals surface area contributed by atoms with E-state index in [9.17, 15) is 9.59 Å². The number of anilines is 1. The van der Waals surface area contributed by atoms with Crippen molar-refractivity contribution in [2.45, 2.75) is 20.0 Å². The molecule has 0 saturated carbocycles. The zero-order valence-corrected chi connectivity index (χ0v) is 19.2. The maximum Gasteiger partial charge on any atom is 0.413 e. The van der Waals surface area contributed by atoms with Crippen molar-refractivity contribution in [3.63, 3.8) is 0 Å². The summed E-state index contributed by atoms with van der Waals surface area (Å²) >= 11 is 6.05. The Labute approximate surface area is 196 Å². The summed E-state index contributed by atoms with van der Waals surface area (Å²) < 4.78 is 10.5. The van der Waals surface area contributed by atoms with Crippen LogP contribution in [0, 0.1) is 5.41 Å². The van der Waals surface area contributed by atoms with Crippen LogP contribution in [0.3, 0.4) is 0 Å². The Kier molecular flexibility index (Phi) is 7.36. The van der Waals surface area contributed by atoms with E-state index in [0.29, 0.717) is 30.2 Å². The fourth-order valence-corrected chi connectivity index (χ4v) is 3.24. The summed E-state index contributed by atoms with van der Waals surface area (Å²) in [5.74, 6) is 5.78. The van der Waals surface area contributed by atoms with E-state index in [1.165, 1.54) is 19.4 Å². The molecule has 0 bridgehead atoms. The molecule has 0 aromatic carbocycles. The Bertz CT molecular complexity index is 1050. The lowest BCUT2D eigenvalue weighted by Crippen LogP contribution is -2.49. The van der Waals surface area contributed by atoms with Crippen molar-refractivity contribution >= 4 is 35.0 Å². The van der Waals surface area contributed by atoms with Crippen molar-refractivity contribution in [2.75, 3.05) is 25.6 Å². The van der Waals surface area contributed by atoms with Gasteiger partial charge in [-0.25, -0.2) is 15.6 Å². The maximum absolute atomic E-state index is 12.4. The summed E-state index contributed by atoms with van der Waals surface area (Å²) in [6, 6.07) is 6.64. The zero-order valence-electron chi connectivity index (χ0n) is 18.5. The summed E-state index contributed by atoms with van der Waals surface area (Å²) in [5, 5.41) is 6.69. The van der Waals surface area contributed by atoms with E-state index in [-0.39, 0.29) is 22.6 Å². The Morgan fingerprint density at radius 3 is 2.58 bits per heavy atom. The molecule has 1 atom stereocenters. The van der Waals surface area contributed by atoms with Crippen LogP contribution in [0.25, 0.3) is 5.70 Å². The first kappa shape index (κ1) is 24.2. The van der Waals surface area contributed by atoms with E-state index in [1.807, 2.05) is 6.92 Å². The minimum absolute atomic E-state index is 0.0768. The van der Waals surface area contributed by atoms with Crippen LogP contribution in [0.15, 0.2) is 42.5 Å². The van der Waals surface area contributed by atoms with Gasteiger partial charge in [-0.15, -0.1) is 0 Å². The molecule has 0 unspecified atom stereocenters. The molecule has 6 N–H and O–H groups in total. The van der Waals surface area contributed by atoms with Crippen molar-refractivity contribution in [1.82, 2.24) is 20.3 Å². The fraction of sp³-hybridized carbons (Fsp3) is 0.333. The normalized spacial score (nSPS) is 16.0. The number of hydrogen-bond acceptors (Lipinski definition) is 9. The molecule has 0 aliphatic carbocycles. The van der Waals surface area contributed by atoms with Gasteiger partial charge in [0.05, 0.1) is 36.2 Å². The number of rotatable bonds is 7. The first-order valence-corrected chi connectivity index (χ1v) is 10.4. The largest absolute Gasteiger partial charge is 0.441 e. The summed E-state index contributed by atoms with van der Waals surface area (Å²) in [5.41, 5.74) is 7.14. The first-order valence-electron chi connectivity index (χ1n) is 10.0. The van der Waals surface area contributed by atoms with E-state index in [1.54, 1.807) is 31.2 Å². The summed E-state index contributed by atoms with van der Waals surface area (Å²) in [6.07, 6.45) is 1.54. The lowest BCUT2D eigenvalue weighted by molar-refractivity contribution is -0.151. The van der Waals surface area contributed by atoms with Gasteiger partial charge in [-0.1, -0.05) is 17.7 Å². The molecule has 12 heteroatoms. The molecule has 0 spiro atoms. The van der Waals surface area contributed by atoms with Crippen molar-refractivity contribution in [3.8, 4) is 0 Å². The topological polar surface area (TPSA) is 158 Å². The molecule has 11 nitrogen and oxygen atoms in total. The second-order valence-electron chi connectivity index (χ2n) is 7.87. The molecule has 2 aromatic heterocycles. The van der Waals surface area contributed by atoms with Gasteiger partial charge < -0.3 is 20.5 Å². The maximum atomic E-state index is 12.4. The van der Waals surface area contributed by atoms with E-state index in [2.05, 4.69) is 20.6 Å². The molecule has 1 aliphatic heterocycles. The Morgan fingerprint density at radius 1 is 1.30 bits per heavy atom. The van der Waals surface area contributed by atoms with Gasteiger partial charge in [0.2, 0.25) is 5.91 Å². The number of alkyl carbamates (subject to hydrolysis) is 1. The molecule has 3 rings (SSSR count). The van der Waals surface area contributed by atoms with Crippen molar-refractivity contribution in [3.05, 3.63) is 58.9 Å². The van der Waals surface area contributed by atoms with Gasteiger partial charge in [0.25, 0.3) is 0 Å². The molecule has 2 aromatic rings. The number of hydrazine groups is 1. The molecule has 176 valence electrons. The number of halogens is 1. The van der Waals surface area contributed by atoms with Gasteiger partial charge in [-0.3, -0.25) is 20.1 Å². The Balaban J connectivity index is 1.69. The molecular weight excluding hydrogens is 450 g/mol. The molecule has 1 aliphatic rings. The monoisotopic (exact) mass is 475 g/mol. The van der Waals surface area contributed by atoms with Gasteiger partial charge >= 0.3 is 6.09 Å². The van der Waals surface area contributed by atoms with E-state index < -0.39 is 17.6 Å². The molecule has 2 amide bonds. The number of carbonyl (C=O) groups excluding carboxylic acids is 2. The van der Waals surface area contributed by atoms with Crippen molar-refractivity contribution in [2.24, 2.45) is 17.0 Å². The highest BCUT2D eigenvalue weighted by molar-refractivity contribution is 6.30. The van der Waals surface area contributed by atoms with Gasteiger partial charge in [-0.2, -0.15) is 0 Å². The predicted molar refractivity (Wildman–Crippen MR) is 122 cm³/mol. The number of ether oxygens (including phenoxy) is 2. The second kappa shape index (κ2) is 10.0. The van der Waals surface area contributed by atoms with Crippen molar-refractivity contribution in [1.29, 1.82) is 0 Å². The third-order valence-electron chi connectivity index (χ3n) is 5.02. The third kappa shape index (κ3) is 5.69. The van der Waals surface area contributed by atoms with Gasteiger partial charge in [0, 0.05) is 18.8 Å². The molecular formula is C21H26ClN7O4. The van der Waals surface area contributed by atoms with Gasteiger partial charge in [-0.05, 0) is 32.0 Å². The number of nitrogens with two attached hydrogens (primary N) is 2. The molecule has 1 saturated heterocycles. The van der Waals surface area contributed by atoms with Gasteiger partial charge in [0.1, 0.15) is 17.0 Å². The standard InChI is InChI=1S/C21H26ClN7O4/c1-12(14-5-4-8-25-17(14)22)33-20(31)28-18(29(3)24)16(23)15-7-6-13(9-26-15)27-19(30)21(2)10-32-11-21/h4-9,12H,10-11,23-24H2,1-3H3,(H,27,30)(H,28,31)/b18-16-/t12-/m1/s1. The SMILES string of the molecule is C[C@@H](OC(=O)N/C(=C(/N)c1ccc(NC(=O)C2(C)COC2)cn1)N(C)N)c1cccnc1Cl. The molecule has 0 radical (unpaired) electrons. The van der Waals surface area contributed by atoms with E-state index >= 15 is 0 Å². The quantitative estimate of drug-likeness (QED) is 0.267. The predicted octanol–water partition coefficient (Wildman–Crippen LogP) is 1.98. The number of amides is 2. The lowest BCUT2D eigenvalue weighted by atomic mass is 9.87. The Morgan fingerprint density at radius 2 is 2.03 bits per heavy atom. The summed E-state index contributed by atoms with van der Waals surface area (Å²) in [7, 11) is 1.50. The average Bonchev–Trinajstić information content (AvgIpc) is 2.75. The molecule has 3 heterocycles. The first-order chi connectivity index (χ1) is 15.6. The van der Waals surface area contributed by atoms with Crippen LogP contribution in [-0.2, 0) is 14.3 Å². The van der Waals surface area contributed by atoms with Crippen LogP contribution in [0.1, 0.15) is 31.2 Å². The van der Waals surface area contributed by atoms with Crippen LogP contribution in [-0.4, -0.2) is 47.2 Å². The molecule has 1 fully saturated rings. The van der Waals surface area contributed by atoms with E-state index in [4.69, 9.17) is 32.7 Å². The van der Waals surface area contributed by atoms with Crippen LogP contribution < -0.4 is 22.2 Å². The van der Waals surface area contributed by atoms with Crippen LogP contribution in [0.5, 0.6) is 0 Å². The minimum Gasteiger partial charge on any atom is -0.441 e. The zero-order chi connectivity index (χ0) is 24.2. The number of aromatic nitrogens is 2. The van der Waals surface area contributed by atoms with Crippen LogP contribution in [0.2, 0.25) is 5.15 Å². The number of nitrogens with one attached hydrogen (secondary N) is 2. The number of pyridine rings is 2. The average molecular weight is 476 g/mol.